The highest BCUT2D eigenvalue weighted by molar-refractivity contribution is 7.20. The van der Waals surface area contributed by atoms with Gasteiger partial charge >= 0.3 is 0 Å². The predicted molar refractivity (Wildman–Crippen MR) is 55.2 cm³/mol. The molecule has 67 valence electrons. The van der Waals surface area contributed by atoms with Crippen molar-refractivity contribution in [2.24, 2.45) is 0 Å². The zero-order valence-electron chi connectivity index (χ0n) is 7.41. The number of benzene rings is 1. The lowest BCUT2D eigenvalue weighted by molar-refractivity contribution is 0.360. The van der Waals surface area contributed by atoms with E-state index in [1.54, 1.807) is 11.3 Å². The first-order chi connectivity index (χ1) is 6.29. The third kappa shape index (κ3) is 1.65. The molecule has 2 aromatic rings. The maximum atomic E-state index is 5.23. The van der Waals surface area contributed by atoms with Crippen LogP contribution in [0.1, 0.15) is 5.56 Å². The highest BCUT2D eigenvalue weighted by atomic mass is 32.1. The van der Waals surface area contributed by atoms with E-state index in [2.05, 4.69) is 31.0 Å². The van der Waals surface area contributed by atoms with Crippen molar-refractivity contribution in [2.45, 2.75) is 6.92 Å². The van der Waals surface area contributed by atoms with Crippen molar-refractivity contribution in [3.8, 4) is 5.19 Å². The van der Waals surface area contributed by atoms with Crippen LogP contribution in [0.4, 0.5) is 0 Å². The van der Waals surface area contributed by atoms with Crippen molar-refractivity contribution in [3.05, 3.63) is 30.7 Å². The van der Waals surface area contributed by atoms with E-state index in [1.165, 1.54) is 10.3 Å². The van der Waals surface area contributed by atoms with Crippen LogP contribution in [-0.4, -0.2) is 11.6 Å². The lowest BCUT2D eigenvalue weighted by Gasteiger charge is -1.92. The Morgan fingerprint density at radius 2 is 2.38 bits per heavy atom. The lowest BCUT2D eigenvalue weighted by Crippen LogP contribution is -1.89. The highest BCUT2D eigenvalue weighted by Crippen LogP contribution is 2.28. The van der Waals surface area contributed by atoms with Crippen LogP contribution in [0, 0.1) is 13.8 Å². The summed E-state index contributed by atoms with van der Waals surface area (Å²) in [6.07, 6.45) is 0. The van der Waals surface area contributed by atoms with Gasteiger partial charge in [0.2, 0.25) is 0 Å². The predicted octanol–water partition coefficient (Wildman–Crippen LogP) is 2.82. The van der Waals surface area contributed by atoms with Crippen molar-refractivity contribution in [2.75, 3.05) is 6.61 Å². The van der Waals surface area contributed by atoms with Crippen molar-refractivity contribution in [1.82, 2.24) is 4.98 Å². The molecule has 0 aliphatic carbocycles. The van der Waals surface area contributed by atoms with Crippen LogP contribution < -0.4 is 4.74 Å². The summed E-state index contributed by atoms with van der Waals surface area (Å²) in [5.74, 6) is 0. The van der Waals surface area contributed by atoms with E-state index in [0.717, 1.165) is 5.52 Å². The summed E-state index contributed by atoms with van der Waals surface area (Å²) in [6, 6.07) is 6.18. The Labute approximate surface area is 81.2 Å². The molecule has 0 spiro atoms. The number of thiazole rings is 1. The SMILES string of the molecule is [CH2]COc1nc2ccc(C)cc2s1. The fourth-order valence-corrected chi connectivity index (χ4v) is 2.10. The second kappa shape index (κ2) is 3.34. The molecule has 1 aromatic carbocycles. The number of hydrogen-bond acceptors (Lipinski definition) is 3. The largest absolute Gasteiger partial charge is 0.470 e. The number of nitrogens with zero attached hydrogens (tertiary/aromatic N) is 1. The molecular formula is C10H10NOS. The normalized spacial score (nSPS) is 10.6. The average molecular weight is 192 g/mol. The van der Waals surface area contributed by atoms with E-state index in [1.807, 2.05) is 6.07 Å². The number of fused-ring (bicyclic) bond motifs is 1. The summed E-state index contributed by atoms with van der Waals surface area (Å²) in [4.78, 5) is 4.30. The Hall–Kier alpha value is -1.09. The van der Waals surface area contributed by atoms with Crippen LogP contribution in [-0.2, 0) is 0 Å². The van der Waals surface area contributed by atoms with Gasteiger partial charge in [-0.3, -0.25) is 0 Å². The van der Waals surface area contributed by atoms with Crippen molar-refractivity contribution in [3.63, 3.8) is 0 Å². The van der Waals surface area contributed by atoms with E-state index >= 15 is 0 Å². The van der Waals surface area contributed by atoms with Gasteiger partial charge in [0.05, 0.1) is 16.8 Å². The number of ether oxygens (including phenoxy) is 1. The van der Waals surface area contributed by atoms with Gasteiger partial charge in [-0.2, -0.15) is 0 Å². The second-order valence-electron chi connectivity index (χ2n) is 2.80. The van der Waals surface area contributed by atoms with Crippen LogP contribution in [0.2, 0.25) is 0 Å². The molecule has 2 rings (SSSR count). The molecule has 0 saturated carbocycles. The minimum absolute atomic E-state index is 0.429. The molecule has 0 bridgehead atoms. The number of hydrogen-bond donors (Lipinski definition) is 0. The Balaban J connectivity index is 2.49. The van der Waals surface area contributed by atoms with E-state index in [0.29, 0.717) is 11.8 Å². The smallest absolute Gasteiger partial charge is 0.274 e. The average Bonchev–Trinajstić information content (AvgIpc) is 2.46. The third-order valence-corrected chi connectivity index (χ3v) is 2.68. The summed E-state index contributed by atoms with van der Waals surface area (Å²) in [7, 11) is 0. The highest BCUT2D eigenvalue weighted by Gasteiger charge is 2.03. The maximum Gasteiger partial charge on any atom is 0.274 e. The van der Waals surface area contributed by atoms with Crippen LogP contribution in [0.15, 0.2) is 18.2 Å². The second-order valence-corrected chi connectivity index (χ2v) is 3.79. The Bertz CT molecular complexity index is 422. The van der Waals surface area contributed by atoms with Crippen molar-refractivity contribution < 1.29 is 4.74 Å². The van der Waals surface area contributed by atoms with Gasteiger partial charge in [0.1, 0.15) is 0 Å². The number of aryl methyl sites for hydroxylation is 1. The van der Waals surface area contributed by atoms with Gasteiger partial charge in [-0.05, 0) is 31.5 Å². The minimum Gasteiger partial charge on any atom is -0.470 e. The molecule has 0 saturated heterocycles. The van der Waals surface area contributed by atoms with E-state index in [4.69, 9.17) is 4.74 Å². The summed E-state index contributed by atoms with van der Waals surface area (Å²) in [5, 5.41) is 0.704. The number of aromatic nitrogens is 1. The van der Waals surface area contributed by atoms with E-state index in [9.17, 15) is 0 Å². The Morgan fingerprint density at radius 3 is 3.15 bits per heavy atom. The maximum absolute atomic E-state index is 5.23. The van der Waals surface area contributed by atoms with Crippen LogP contribution in [0.5, 0.6) is 5.19 Å². The monoisotopic (exact) mass is 192 g/mol. The third-order valence-electron chi connectivity index (χ3n) is 1.75. The standard InChI is InChI=1S/C10H10NOS/c1-3-12-10-11-8-5-4-7(2)6-9(8)13-10/h4-6H,1,3H2,2H3. The van der Waals surface area contributed by atoms with Crippen LogP contribution in [0.3, 0.4) is 0 Å². The van der Waals surface area contributed by atoms with Gasteiger partial charge in [0, 0.05) is 0 Å². The summed E-state index contributed by atoms with van der Waals surface area (Å²) in [5.41, 5.74) is 2.25. The Morgan fingerprint density at radius 1 is 1.54 bits per heavy atom. The van der Waals surface area contributed by atoms with E-state index < -0.39 is 0 Å². The van der Waals surface area contributed by atoms with Crippen LogP contribution >= 0.6 is 11.3 Å². The molecule has 0 amide bonds. The van der Waals surface area contributed by atoms with Crippen LogP contribution in [0.25, 0.3) is 10.2 Å². The number of rotatable bonds is 2. The zero-order chi connectivity index (χ0) is 9.26. The first-order valence-electron chi connectivity index (χ1n) is 4.09. The molecule has 1 heterocycles. The van der Waals surface area contributed by atoms with Crippen molar-refractivity contribution in [1.29, 1.82) is 0 Å². The first kappa shape index (κ1) is 8.51. The topological polar surface area (TPSA) is 22.1 Å². The molecule has 0 aliphatic heterocycles. The molecule has 0 unspecified atom stereocenters. The molecule has 1 radical (unpaired) electrons. The molecule has 0 atom stereocenters. The van der Waals surface area contributed by atoms with E-state index in [-0.39, 0.29) is 0 Å². The van der Waals surface area contributed by atoms with Crippen molar-refractivity contribution >= 4 is 21.6 Å². The van der Waals surface area contributed by atoms with Gasteiger partial charge < -0.3 is 4.74 Å². The molecule has 2 nitrogen and oxygen atoms in total. The molecule has 0 aliphatic rings. The molecule has 13 heavy (non-hydrogen) atoms. The quantitative estimate of drug-likeness (QED) is 0.730. The molecule has 3 heteroatoms. The van der Waals surface area contributed by atoms with Gasteiger partial charge in [0.25, 0.3) is 5.19 Å². The van der Waals surface area contributed by atoms with Gasteiger partial charge in [-0.25, -0.2) is 4.98 Å². The minimum atomic E-state index is 0.429. The molecule has 0 N–H and O–H groups in total. The fourth-order valence-electron chi connectivity index (χ4n) is 1.16. The van der Waals surface area contributed by atoms with Gasteiger partial charge in [0.15, 0.2) is 0 Å². The fraction of sp³-hybridized carbons (Fsp3) is 0.200. The first-order valence-corrected chi connectivity index (χ1v) is 4.90. The summed E-state index contributed by atoms with van der Waals surface area (Å²) >= 11 is 1.56. The zero-order valence-corrected chi connectivity index (χ0v) is 8.23. The summed E-state index contributed by atoms with van der Waals surface area (Å²) < 4.78 is 6.40. The molecule has 0 fully saturated rings. The lowest BCUT2D eigenvalue weighted by atomic mass is 10.2. The molecular weight excluding hydrogens is 182 g/mol. The Kier molecular flexibility index (Phi) is 2.19. The van der Waals surface area contributed by atoms with Gasteiger partial charge in [-0.15, -0.1) is 0 Å². The molecule has 1 aromatic heterocycles. The summed E-state index contributed by atoms with van der Waals surface area (Å²) in [6.45, 7) is 6.11. The van der Waals surface area contributed by atoms with Gasteiger partial charge in [-0.1, -0.05) is 17.4 Å².